The summed E-state index contributed by atoms with van der Waals surface area (Å²) in [7, 11) is 0. The van der Waals surface area contributed by atoms with Crippen LogP contribution in [0.15, 0.2) is 60.8 Å². The van der Waals surface area contributed by atoms with Crippen molar-refractivity contribution in [2.45, 2.75) is 40.2 Å². The zero-order chi connectivity index (χ0) is 18.3. The average molecular weight is 338 g/mol. The molecule has 0 saturated carbocycles. The molecule has 2 heteroatoms. The summed E-state index contributed by atoms with van der Waals surface area (Å²) in [6, 6.07) is 12.3. The van der Waals surface area contributed by atoms with E-state index in [4.69, 9.17) is 6.42 Å². The van der Waals surface area contributed by atoms with Crippen LogP contribution in [0.25, 0.3) is 10.4 Å². The summed E-state index contributed by atoms with van der Waals surface area (Å²) in [6.07, 6.45) is 5.49. The van der Waals surface area contributed by atoms with Crippen LogP contribution in [0.1, 0.15) is 45.1 Å². The van der Waals surface area contributed by atoms with Gasteiger partial charge in [-0.05, 0) is 50.6 Å². The first-order valence-electron chi connectivity index (χ1n) is 8.14. The lowest BCUT2D eigenvalue weighted by atomic mass is 9.92. The van der Waals surface area contributed by atoms with E-state index in [0.717, 1.165) is 22.4 Å². The summed E-state index contributed by atoms with van der Waals surface area (Å²) >= 11 is 1.75. The van der Waals surface area contributed by atoms with E-state index in [1.807, 2.05) is 45.9 Å². The molecular weight excluding hydrogens is 310 g/mol. The highest BCUT2D eigenvalue weighted by atomic mass is 32.1. The van der Waals surface area contributed by atoms with Gasteiger partial charge in [0.1, 0.15) is 0 Å². The van der Waals surface area contributed by atoms with Gasteiger partial charge >= 0.3 is 0 Å². The molecule has 1 aromatic carbocycles. The molecule has 0 aliphatic rings. The Bertz CT molecular complexity index is 760. The SMILES string of the molecule is C#Cc1cccc(-c2ccc(C(C)(NC(=C)C)C(=C)C)s2)c1.CC. The van der Waals surface area contributed by atoms with E-state index in [1.54, 1.807) is 11.3 Å². The van der Waals surface area contributed by atoms with Crippen LogP contribution < -0.4 is 5.32 Å². The summed E-state index contributed by atoms with van der Waals surface area (Å²) in [5.41, 5.74) is 3.72. The molecule has 1 unspecified atom stereocenters. The fourth-order valence-corrected chi connectivity index (χ4v) is 3.51. The van der Waals surface area contributed by atoms with Crippen LogP contribution in [0.5, 0.6) is 0 Å². The van der Waals surface area contributed by atoms with Crippen molar-refractivity contribution in [2.75, 3.05) is 0 Å². The molecule has 0 aliphatic carbocycles. The van der Waals surface area contributed by atoms with Gasteiger partial charge in [-0.1, -0.05) is 50.6 Å². The van der Waals surface area contributed by atoms with Gasteiger partial charge in [-0.2, -0.15) is 0 Å². The Hall–Kier alpha value is -2.24. The normalized spacial score (nSPS) is 12.2. The monoisotopic (exact) mass is 337 g/mol. The van der Waals surface area contributed by atoms with Crippen molar-refractivity contribution in [1.82, 2.24) is 5.32 Å². The standard InChI is InChI=1S/C20H21NS.C2H6/c1-7-16-9-8-10-17(13-16)18-11-12-19(22-18)20(6,14(2)3)21-15(4)5;1-2/h1,8-13,21H,2,4H2,3,5-6H3;1-2H3. The molecular formula is C22H27NS. The lowest BCUT2D eigenvalue weighted by molar-refractivity contribution is 0.489. The highest BCUT2D eigenvalue weighted by molar-refractivity contribution is 7.15. The molecule has 0 aliphatic heterocycles. The van der Waals surface area contributed by atoms with Crippen LogP contribution in [0.3, 0.4) is 0 Å². The predicted octanol–water partition coefficient (Wildman–Crippen LogP) is 6.34. The Morgan fingerprint density at radius 2 is 1.83 bits per heavy atom. The summed E-state index contributed by atoms with van der Waals surface area (Å²) in [6.45, 7) is 18.2. The van der Waals surface area contributed by atoms with E-state index < -0.39 is 0 Å². The molecule has 0 fully saturated rings. The number of hydrogen-bond donors (Lipinski definition) is 1. The number of terminal acetylenes is 1. The van der Waals surface area contributed by atoms with Crippen LogP contribution in [0, 0.1) is 12.3 Å². The molecule has 0 amide bonds. The van der Waals surface area contributed by atoms with Crippen LogP contribution >= 0.6 is 11.3 Å². The zero-order valence-corrected chi connectivity index (χ0v) is 16.2. The Morgan fingerprint density at radius 3 is 2.38 bits per heavy atom. The second-order valence-corrected chi connectivity index (χ2v) is 6.78. The molecule has 126 valence electrons. The van der Waals surface area contributed by atoms with E-state index in [-0.39, 0.29) is 5.54 Å². The van der Waals surface area contributed by atoms with Gasteiger partial charge in [0.05, 0.1) is 5.54 Å². The quantitative estimate of drug-likeness (QED) is 0.496. The van der Waals surface area contributed by atoms with Gasteiger partial charge in [-0.25, -0.2) is 0 Å². The molecule has 1 atom stereocenters. The molecule has 2 rings (SSSR count). The van der Waals surface area contributed by atoms with Crippen molar-refractivity contribution in [3.8, 4) is 22.8 Å². The fourth-order valence-electron chi connectivity index (χ4n) is 2.33. The average Bonchev–Trinajstić information content (AvgIpc) is 3.06. The van der Waals surface area contributed by atoms with Gasteiger partial charge in [0.25, 0.3) is 0 Å². The topological polar surface area (TPSA) is 12.0 Å². The van der Waals surface area contributed by atoms with Gasteiger partial charge < -0.3 is 5.32 Å². The van der Waals surface area contributed by atoms with E-state index in [9.17, 15) is 0 Å². The highest BCUT2D eigenvalue weighted by Crippen LogP contribution is 2.38. The number of benzene rings is 1. The lowest BCUT2D eigenvalue weighted by Crippen LogP contribution is -2.38. The highest BCUT2D eigenvalue weighted by Gasteiger charge is 2.29. The molecule has 0 bridgehead atoms. The van der Waals surface area contributed by atoms with Crippen molar-refractivity contribution in [3.05, 3.63) is 71.3 Å². The van der Waals surface area contributed by atoms with Crippen molar-refractivity contribution in [1.29, 1.82) is 0 Å². The molecule has 1 heterocycles. The fraction of sp³-hybridized carbons (Fsp3) is 0.273. The van der Waals surface area contributed by atoms with Gasteiger partial charge in [-0.15, -0.1) is 17.8 Å². The number of thiophene rings is 1. The maximum Gasteiger partial charge on any atom is 0.0895 e. The second kappa shape index (κ2) is 8.57. The summed E-state index contributed by atoms with van der Waals surface area (Å²) < 4.78 is 0. The zero-order valence-electron chi connectivity index (χ0n) is 15.4. The molecule has 2 aromatic rings. The van der Waals surface area contributed by atoms with Crippen LogP contribution in [0.2, 0.25) is 0 Å². The number of allylic oxidation sites excluding steroid dienone is 1. The molecule has 24 heavy (non-hydrogen) atoms. The second-order valence-electron chi connectivity index (χ2n) is 5.70. The Labute approximate surface area is 151 Å². The van der Waals surface area contributed by atoms with Crippen molar-refractivity contribution < 1.29 is 0 Å². The number of hydrogen-bond acceptors (Lipinski definition) is 2. The van der Waals surface area contributed by atoms with E-state index in [2.05, 4.69) is 49.5 Å². The lowest BCUT2D eigenvalue weighted by Gasteiger charge is -2.32. The molecule has 0 saturated heterocycles. The predicted molar refractivity (Wildman–Crippen MR) is 109 cm³/mol. The first-order chi connectivity index (χ1) is 11.4. The Morgan fingerprint density at radius 1 is 1.17 bits per heavy atom. The van der Waals surface area contributed by atoms with Gasteiger partial charge in [0.15, 0.2) is 0 Å². The largest absolute Gasteiger partial charge is 0.375 e. The van der Waals surface area contributed by atoms with Crippen LogP contribution in [0.4, 0.5) is 0 Å². The smallest absolute Gasteiger partial charge is 0.0895 e. The third kappa shape index (κ3) is 4.40. The van der Waals surface area contributed by atoms with Gasteiger partial charge in [0.2, 0.25) is 0 Å². The van der Waals surface area contributed by atoms with Crippen LogP contribution in [-0.2, 0) is 5.54 Å². The van der Waals surface area contributed by atoms with E-state index >= 15 is 0 Å². The Kier molecular flexibility index (Phi) is 7.07. The molecule has 0 radical (unpaired) electrons. The Balaban J connectivity index is 0.00000139. The minimum absolute atomic E-state index is 0.307. The van der Waals surface area contributed by atoms with Gasteiger partial charge in [-0.3, -0.25) is 0 Å². The summed E-state index contributed by atoms with van der Waals surface area (Å²) in [4.78, 5) is 2.41. The van der Waals surface area contributed by atoms with Crippen molar-refractivity contribution in [3.63, 3.8) is 0 Å². The van der Waals surface area contributed by atoms with Crippen molar-refractivity contribution >= 4 is 11.3 Å². The van der Waals surface area contributed by atoms with E-state index in [1.165, 1.54) is 9.75 Å². The number of nitrogens with one attached hydrogen (secondary N) is 1. The van der Waals surface area contributed by atoms with Crippen LogP contribution in [-0.4, -0.2) is 0 Å². The molecule has 1 N–H and O–H groups in total. The summed E-state index contributed by atoms with van der Waals surface area (Å²) in [5, 5.41) is 3.44. The first kappa shape index (κ1) is 19.8. The third-order valence-corrected chi connectivity index (χ3v) is 5.09. The molecule has 1 nitrogen and oxygen atoms in total. The minimum Gasteiger partial charge on any atom is -0.375 e. The van der Waals surface area contributed by atoms with Gasteiger partial charge in [0, 0.05) is 21.0 Å². The van der Waals surface area contributed by atoms with E-state index in [0.29, 0.717) is 0 Å². The number of rotatable bonds is 5. The van der Waals surface area contributed by atoms with Crippen molar-refractivity contribution in [2.24, 2.45) is 0 Å². The maximum absolute atomic E-state index is 5.49. The minimum atomic E-state index is -0.307. The molecule has 1 aromatic heterocycles. The maximum atomic E-state index is 5.49. The third-order valence-electron chi connectivity index (χ3n) is 3.73. The first-order valence-corrected chi connectivity index (χ1v) is 8.95. The summed E-state index contributed by atoms with van der Waals surface area (Å²) in [5.74, 6) is 2.69. The molecule has 0 spiro atoms.